The Morgan fingerprint density at radius 1 is 1.04 bits per heavy atom. The predicted molar refractivity (Wildman–Crippen MR) is 104 cm³/mol. The summed E-state index contributed by atoms with van der Waals surface area (Å²) in [5.74, 6) is 2.33. The number of hydrogen-bond acceptors (Lipinski definition) is 7. The standard InChI is InChI=1S/C19H24N4O4S/c1-14-11-19(23-7-2-3-8-23)22-18(21-14)13-20-28(24,25)15-5-6-16-17(12-15)27-10-4-9-26-16/h5-6,11-12,20H,2-4,7-10,13H2,1H3. The first-order valence-corrected chi connectivity index (χ1v) is 11.0. The summed E-state index contributed by atoms with van der Waals surface area (Å²) in [6, 6.07) is 6.58. The molecule has 4 rings (SSSR count). The molecule has 1 saturated heterocycles. The molecular formula is C19H24N4O4S. The molecule has 2 aromatic rings. The smallest absolute Gasteiger partial charge is 0.241 e. The highest BCUT2D eigenvalue weighted by Gasteiger charge is 2.20. The van der Waals surface area contributed by atoms with Crippen molar-refractivity contribution in [1.82, 2.24) is 14.7 Å². The summed E-state index contributed by atoms with van der Waals surface area (Å²) in [5.41, 5.74) is 0.821. The lowest BCUT2D eigenvalue weighted by molar-refractivity contribution is 0.297. The van der Waals surface area contributed by atoms with E-state index >= 15 is 0 Å². The Hall–Kier alpha value is -2.39. The van der Waals surface area contributed by atoms with Gasteiger partial charge in [0.2, 0.25) is 10.0 Å². The number of nitrogens with one attached hydrogen (secondary N) is 1. The molecule has 2 aliphatic heterocycles. The minimum Gasteiger partial charge on any atom is -0.490 e. The van der Waals surface area contributed by atoms with Crippen LogP contribution in [0.25, 0.3) is 0 Å². The SMILES string of the molecule is Cc1cc(N2CCCC2)nc(CNS(=O)(=O)c2ccc3c(c2)OCCCO3)n1. The van der Waals surface area contributed by atoms with Crippen LogP contribution in [0.1, 0.15) is 30.8 Å². The van der Waals surface area contributed by atoms with Crippen molar-refractivity contribution in [2.24, 2.45) is 0 Å². The number of hydrogen-bond donors (Lipinski definition) is 1. The van der Waals surface area contributed by atoms with Crippen LogP contribution >= 0.6 is 0 Å². The molecule has 150 valence electrons. The molecule has 1 N–H and O–H groups in total. The maximum absolute atomic E-state index is 12.7. The van der Waals surface area contributed by atoms with Crippen molar-refractivity contribution in [2.45, 2.75) is 37.6 Å². The second-order valence-electron chi connectivity index (χ2n) is 6.96. The van der Waals surface area contributed by atoms with Gasteiger partial charge in [-0.05, 0) is 31.9 Å². The molecule has 8 nitrogen and oxygen atoms in total. The summed E-state index contributed by atoms with van der Waals surface area (Å²) in [5, 5.41) is 0. The Morgan fingerprint density at radius 2 is 1.79 bits per heavy atom. The lowest BCUT2D eigenvalue weighted by atomic mass is 10.3. The van der Waals surface area contributed by atoms with Gasteiger partial charge in [0.15, 0.2) is 11.5 Å². The number of nitrogens with zero attached hydrogens (tertiary/aromatic N) is 3. The Bertz CT molecular complexity index is 958. The summed E-state index contributed by atoms with van der Waals surface area (Å²) in [4.78, 5) is 11.2. The normalized spacial score (nSPS) is 16.8. The molecule has 28 heavy (non-hydrogen) atoms. The Balaban J connectivity index is 1.50. The quantitative estimate of drug-likeness (QED) is 0.815. The van der Waals surface area contributed by atoms with Crippen LogP contribution in [0.3, 0.4) is 0 Å². The van der Waals surface area contributed by atoms with Crippen LogP contribution in [0.15, 0.2) is 29.2 Å². The van der Waals surface area contributed by atoms with E-state index in [2.05, 4.69) is 19.6 Å². The van der Waals surface area contributed by atoms with Crippen LogP contribution in [-0.4, -0.2) is 44.7 Å². The summed E-state index contributed by atoms with van der Waals surface area (Å²) in [6.45, 7) is 4.92. The molecule has 0 unspecified atom stereocenters. The predicted octanol–water partition coefficient (Wildman–Crippen LogP) is 2.03. The summed E-state index contributed by atoms with van der Waals surface area (Å²) < 4.78 is 39.2. The molecule has 0 bridgehead atoms. The molecule has 1 fully saturated rings. The van der Waals surface area contributed by atoms with Gasteiger partial charge in [-0.15, -0.1) is 0 Å². The van der Waals surface area contributed by atoms with Gasteiger partial charge in [0.25, 0.3) is 0 Å². The summed E-state index contributed by atoms with van der Waals surface area (Å²) >= 11 is 0. The number of rotatable bonds is 5. The van der Waals surface area contributed by atoms with Crippen molar-refractivity contribution in [1.29, 1.82) is 0 Å². The van der Waals surface area contributed by atoms with E-state index < -0.39 is 10.0 Å². The van der Waals surface area contributed by atoms with E-state index in [-0.39, 0.29) is 11.4 Å². The average Bonchev–Trinajstić information content (AvgIpc) is 3.11. The van der Waals surface area contributed by atoms with Crippen molar-refractivity contribution in [3.05, 3.63) is 35.8 Å². The Labute approximate surface area is 164 Å². The van der Waals surface area contributed by atoms with E-state index in [9.17, 15) is 8.42 Å². The highest BCUT2D eigenvalue weighted by atomic mass is 32.2. The molecule has 9 heteroatoms. The van der Waals surface area contributed by atoms with E-state index in [1.165, 1.54) is 12.1 Å². The van der Waals surface area contributed by atoms with Crippen molar-refractivity contribution in [3.8, 4) is 11.5 Å². The second kappa shape index (κ2) is 7.92. The summed E-state index contributed by atoms with van der Waals surface area (Å²) in [7, 11) is -3.73. The van der Waals surface area contributed by atoms with Gasteiger partial charge >= 0.3 is 0 Å². The number of aromatic nitrogens is 2. The van der Waals surface area contributed by atoms with Crippen molar-refractivity contribution < 1.29 is 17.9 Å². The molecule has 0 radical (unpaired) electrons. The number of aryl methyl sites for hydroxylation is 1. The molecule has 3 heterocycles. The van der Waals surface area contributed by atoms with Crippen LogP contribution < -0.4 is 19.1 Å². The molecule has 0 amide bonds. The van der Waals surface area contributed by atoms with E-state index in [0.29, 0.717) is 30.5 Å². The molecule has 1 aromatic carbocycles. The van der Waals surface area contributed by atoms with Crippen LogP contribution in [0.5, 0.6) is 11.5 Å². The fourth-order valence-corrected chi connectivity index (χ4v) is 4.35. The number of benzene rings is 1. The van der Waals surface area contributed by atoms with E-state index in [4.69, 9.17) is 9.47 Å². The van der Waals surface area contributed by atoms with Crippen molar-refractivity contribution in [2.75, 3.05) is 31.2 Å². The first-order valence-electron chi connectivity index (χ1n) is 9.50. The van der Waals surface area contributed by atoms with Gasteiger partial charge in [0.1, 0.15) is 11.6 Å². The lowest BCUT2D eigenvalue weighted by Crippen LogP contribution is -2.26. The van der Waals surface area contributed by atoms with E-state index in [0.717, 1.165) is 43.9 Å². The largest absolute Gasteiger partial charge is 0.490 e. The molecule has 0 spiro atoms. The number of fused-ring (bicyclic) bond motifs is 1. The highest BCUT2D eigenvalue weighted by molar-refractivity contribution is 7.89. The fourth-order valence-electron chi connectivity index (χ4n) is 3.35. The number of sulfonamides is 1. The van der Waals surface area contributed by atoms with E-state index in [1.54, 1.807) is 6.07 Å². The van der Waals surface area contributed by atoms with Gasteiger partial charge in [0.05, 0.1) is 24.7 Å². The van der Waals surface area contributed by atoms with Crippen LogP contribution in [0.4, 0.5) is 5.82 Å². The van der Waals surface area contributed by atoms with Crippen LogP contribution in [0.2, 0.25) is 0 Å². The molecule has 2 aliphatic rings. The third-order valence-electron chi connectivity index (χ3n) is 4.77. The zero-order chi connectivity index (χ0) is 19.6. The maximum Gasteiger partial charge on any atom is 0.241 e. The zero-order valence-electron chi connectivity index (χ0n) is 15.8. The van der Waals surface area contributed by atoms with Gasteiger partial charge in [-0.25, -0.2) is 23.1 Å². The minimum absolute atomic E-state index is 0.0271. The van der Waals surface area contributed by atoms with Gasteiger partial charge in [-0.1, -0.05) is 0 Å². The maximum atomic E-state index is 12.7. The molecule has 1 aromatic heterocycles. The number of ether oxygens (including phenoxy) is 2. The number of anilines is 1. The highest BCUT2D eigenvalue weighted by Crippen LogP contribution is 2.31. The Kier molecular flexibility index (Phi) is 5.36. The summed E-state index contributed by atoms with van der Waals surface area (Å²) in [6.07, 6.45) is 3.06. The molecule has 0 aliphatic carbocycles. The third-order valence-corrected chi connectivity index (χ3v) is 6.17. The third kappa shape index (κ3) is 4.20. The zero-order valence-corrected chi connectivity index (χ0v) is 16.7. The monoisotopic (exact) mass is 404 g/mol. The van der Waals surface area contributed by atoms with E-state index in [1.807, 2.05) is 13.0 Å². The first kappa shape index (κ1) is 18.9. The molecule has 0 saturated carbocycles. The second-order valence-corrected chi connectivity index (χ2v) is 8.73. The van der Waals surface area contributed by atoms with Crippen molar-refractivity contribution in [3.63, 3.8) is 0 Å². The average molecular weight is 404 g/mol. The van der Waals surface area contributed by atoms with Gasteiger partial charge in [-0.2, -0.15) is 0 Å². The lowest BCUT2D eigenvalue weighted by Gasteiger charge is -2.17. The van der Waals surface area contributed by atoms with Crippen LogP contribution in [-0.2, 0) is 16.6 Å². The fraction of sp³-hybridized carbons (Fsp3) is 0.474. The van der Waals surface area contributed by atoms with Crippen molar-refractivity contribution >= 4 is 15.8 Å². The minimum atomic E-state index is -3.73. The molecular weight excluding hydrogens is 380 g/mol. The van der Waals surface area contributed by atoms with Gasteiger partial charge < -0.3 is 14.4 Å². The Morgan fingerprint density at radius 3 is 2.57 bits per heavy atom. The molecule has 0 atom stereocenters. The topological polar surface area (TPSA) is 93.7 Å². The van der Waals surface area contributed by atoms with Gasteiger partial charge in [0, 0.05) is 37.3 Å². The van der Waals surface area contributed by atoms with Crippen LogP contribution in [0, 0.1) is 6.92 Å². The van der Waals surface area contributed by atoms with Gasteiger partial charge in [-0.3, -0.25) is 0 Å². The first-order chi connectivity index (χ1) is 13.5.